The summed E-state index contributed by atoms with van der Waals surface area (Å²) in [6.45, 7) is 3.34. The lowest BCUT2D eigenvalue weighted by Gasteiger charge is -2.02. The van der Waals surface area contributed by atoms with Gasteiger partial charge in [-0.2, -0.15) is 0 Å². The second-order valence-electron chi connectivity index (χ2n) is 4.22. The Morgan fingerprint density at radius 1 is 1.00 bits per heavy atom. The lowest BCUT2D eigenvalue weighted by atomic mass is 10.1. The molecule has 17 heavy (non-hydrogen) atoms. The molecule has 0 aromatic heterocycles. The Kier molecular flexibility index (Phi) is 9.57. The molecule has 0 aliphatic rings. The van der Waals surface area contributed by atoms with E-state index >= 15 is 0 Å². The van der Waals surface area contributed by atoms with Gasteiger partial charge in [0.1, 0.15) is 11.6 Å². The van der Waals surface area contributed by atoms with Gasteiger partial charge >= 0.3 is 0 Å². The molecule has 4 heteroatoms. The molecule has 4 nitrogen and oxygen atoms in total. The van der Waals surface area contributed by atoms with E-state index < -0.39 is 0 Å². The number of carbonyl (C=O) groups excluding carboxylic acids is 2. The molecular weight excluding hydrogens is 216 g/mol. The largest absolute Gasteiger partial charge is 0.319 e. The van der Waals surface area contributed by atoms with Gasteiger partial charge in [-0.25, -0.2) is 0 Å². The van der Waals surface area contributed by atoms with Crippen LogP contribution in [0.15, 0.2) is 11.6 Å². The number of hydrogen-bond acceptors (Lipinski definition) is 4. The van der Waals surface area contributed by atoms with Gasteiger partial charge < -0.3 is 10.6 Å². The molecule has 0 saturated heterocycles. The molecule has 0 heterocycles. The summed E-state index contributed by atoms with van der Waals surface area (Å²) in [6, 6.07) is 0. The van der Waals surface area contributed by atoms with Crippen LogP contribution in [0.4, 0.5) is 0 Å². The molecule has 0 aromatic carbocycles. The standard InChI is InChI=1S/C13H24N2O2/c1-11(10-13(17)7-9-15-3)4-5-12(16)6-8-14-2/h4,14-15H,5-10H2,1-3H3/b11-4-. The molecule has 98 valence electrons. The van der Waals surface area contributed by atoms with Gasteiger partial charge in [-0.3, -0.25) is 9.59 Å². The van der Waals surface area contributed by atoms with Gasteiger partial charge in [0.2, 0.25) is 0 Å². The molecule has 0 radical (unpaired) electrons. The number of rotatable bonds is 10. The first-order chi connectivity index (χ1) is 8.10. The zero-order valence-corrected chi connectivity index (χ0v) is 11.1. The molecule has 0 aliphatic carbocycles. The molecule has 0 spiro atoms. The minimum Gasteiger partial charge on any atom is -0.319 e. The molecule has 0 saturated carbocycles. The highest BCUT2D eigenvalue weighted by Gasteiger charge is 2.03. The van der Waals surface area contributed by atoms with Gasteiger partial charge in [-0.15, -0.1) is 0 Å². The van der Waals surface area contributed by atoms with Crippen LogP contribution in [0.25, 0.3) is 0 Å². The highest BCUT2D eigenvalue weighted by molar-refractivity contribution is 5.82. The van der Waals surface area contributed by atoms with E-state index in [9.17, 15) is 9.59 Å². The lowest BCUT2D eigenvalue weighted by molar-refractivity contribution is -0.119. The molecule has 0 rings (SSSR count). The molecule has 0 aromatic rings. The monoisotopic (exact) mass is 240 g/mol. The van der Waals surface area contributed by atoms with Crippen molar-refractivity contribution >= 4 is 11.6 Å². The van der Waals surface area contributed by atoms with Gasteiger partial charge in [-0.05, 0) is 21.0 Å². The smallest absolute Gasteiger partial charge is 0.138 e. The van der Waals surface area contributed by atoms with Crippen molar-refractivity contribution in [2.24, 2.45) is 0 Å². The Labute approximate surface area is 104 Å². The summed E-state index contributed by atoms with van der Waals surface area (Å²) in [4.78, 5) is 22.8. The Morgan fingerprint density at radius 3 is 2.06 bits per heavy atom. The van der Waals surface area contributed by atoms with Gasteiger partial charge in [0.25, 0.3) is 0 Å². The van der Waals surface area contributed by atoms with Crippen molar-refractivity contribution in [1.82, 2.24) is 10.6 Å². The quantitative estimate of drug-likeness (QED) is 0.561. The van der Waals surface area contributed by atoms with Crippen molar-refractivity contribution in [3.05, 3.63) is 11.6 Å². The number of carbonyl (C=O) groups is 2. The second-order valence-corrected chi connectivity index (χ2v) is 4.22. The fourth-order valence-electron chi connectivity index (χ4n) is 1.39. The van der Waals surface area contributed by atoms with Crippen molar-refractivity contribution in [3.8, 4) is 0 Å². The van der Waals surface area contributed by atoms with E-state index in [0.29, 0.717) is 38.8 Å². The highest BCUT2D eigenvalue weighted by Crippen LogP contribution is 2.05. The topological polar surface area (TPSA) is 58.2 Å². The molecule has 2 N–H and O–H groups in total. The average molecular weight is 240 g/mol. The van der Waals surface area contributed by atoms with Crippen molar-refractivity contribution < 1.29 is 9.59 Å². The lowest BCUT2D eigenvalue weighted by Crippen LogP contribution is -2.13. The van der Waals surface area contributed by atoms with Crippen LogP contribution in [0.3, 0.4) is 0 Å². The fourth-order valence-corrected chi connectivity index (χ4v) is 1.39. The molecule has 0 aliphatic heterocycles. The Morgan fingerprint density at radius 2 is 1.53 bits per heavy atom. The summed E-state index contributed by atoms with van der Waals surface area (Å²) < 4.78 is 0. The van der Waals surface area contributed by atoms with Crippen LogP contribution < -0.4 is 10.6 Å². The van der Waals surface area contributed by atoms with Crippen molar-refractivity contribution in [2.75, 3.05) is 27.2 Å². The highest BCUT2D eigenvalue weighted by atomic mass is 16.1. The summed E-state index contributed by atoms with van der Waals surface area (Å²) >= 11 is 0. The first-order valence-electron chi connectivity index (χ1n) is 6.08. The molecule has 0 bridgehead atoms. The van der Waals surface area contributed by atoms with Crippen LogP contribution in [0.5, 0.6) is 0 Å². The summed E-state index contributed by atoms with van der Waals surface area (Å²) in [6.07, 6.45) is 3.87. The minimum absolute atomic E-state index is 0.210. The number of hydrogen-bond donors (Lipinski definition) is 2. The zero-order chi connectivity index (χ0) is 13.1. The van der Waals surface area contributed by atoms with E-state index in [4.69, 9.17) is 0 Å². The molecule has 0 atom stereocenters. The van der Waals surface area contributed by atoms with Crippen LogP contribution in [-0.2, 0) is 9.59 Å². The molecule has 0 amide bonds. The Hall–Kier alpha value is -1.00. The van der Waals surface area contributed by atoms with Crippen LogP contribution in [0.1, 0.15) is 32.6 Å². The number of nitrogens with one attached hydrogen (secondary N) is 2. The third-order valence-corrected chi connectivity index (χ3v) is 2.46. The SMILES string of the molecule is CNCCC(=O)C/C=C(/C)CC(=O)CCNC. The zero-order valence-electron chi connectivity index (χ0n) is 11.1. The molecule has 0 fully saturated rings. The fraction of sp³-hybridized carbons (Fsp3) is 0.692. The van der Waals surface area contributed by atoms with Crippen molar-refractivity contribution in [2.45, 2.75) is 32.6 Å². The van der Waals surface area contributed by atoms with Crippen molar-refractivity contribution in [3.63, 3.8) is 0 Å². The first-order valence-corrected chi connectivity index (χ1v) is 6.08. The van der Waals surface area contributed by atoms with E-state index in [-0.39, 0.29) is 11.6 Å². The van der Waals surface area contributed by atoms with E-state index in [1.54, 1.807) is 0 Å². The minimum atomic E-state index is 0.210. The van der Waals surface area contributed by atoms with Crippen LogP contribution >= 0.6 is 0 Å². The summed E-state index contributed by atoms with van der Waals surface area (Å²) in [5, 5.41) is 5.88. The number of allylic oxidation sites excluding steroid dienone is 2. The van der Waals surface area contributed by atoms with Crippen molar-refractivity contribution in [1.29, 1.82) is 0 Å². The first kappa shape index (κ1) is 16.0. The van der Waals surface area contributed by atoms with Gasteiger partial charge in [0, 0.05) is 38.8 Å². The Bertz CT molecular complexity index is 273. The normalized spacial score (nSPS) is 11.6. The number of Topliss-reactive ketones (excluding diaryl/α,β-unsaturated/α-hetero) is 2. The van der Waals surface area contributed by atoms with Gasteiger partial charge in [0.05, 0.1) is 0 Å². The van der Waals surface area contributed by atoms with E-state index in [2.05, 4.69) is 10.6 Å². The summed E-state index contributed by atoms with van der Waals surface area (Å²) in [7, 11) is 3.66. The number of ketones is 2. The van der Waals surface area contributed by atoms with Crippen LogP contribution in [0, 0.1) is 0 Å². The van der Waals surface area contributed by atoms with E-state index in [0.717, 1.165) is 5.57 Å². The van der Waals surface area contributed by atoms with Gasteiger partial charge in [-0.1, -0.05) is 11.6 Å². The van der Waals surface area contributed by atoms with E-state index in [1.165, 1.54) is 0 Å². The molecular formula is C13H24N2O2. The average Bonchev–Trinajstić information content (AvgIpc) is 2.31. The second kappa shape index (κ2) is 10.2. The summed E-state index contributed by atoms with van der Waals surface area (Å²) in [5.74, 6) is 0.428. The molecule has 0 unspecified atom stereocenters. The van der Waals surface area contributed by atoms with Crippen LogP contribution in [-0.4, -0.2) is 38.8 Å². The van der Waals surface area contributed by atoms with Crippen LogP contribution in [0.2, 0.25) is 0 Å². The Balaban J connectivity index is 3.84. The van der Waals surface area contributed by atoms with Gasteiger partial charge in [0.15, 0.2) is 0 Å². The maximum atomic E-state index is 11.5. The maximum Gasteiger partial charge on any atom is 0.138 e. The predicted molar refractivity (Wildman–Crippen MR) is 70.1 cm³/mol. The third kappa shape index (κ3) is 9.90. The summed E-state index contributed by atoms with van der Waals surface area (Å²) in [5.41, 5.74) is 0.990. The third-order valence-electron chi connectivity index (χ3n) is 2.46. The maximum absolute atomic E-state index is 11.5. The predicted octanol–water partition coefficient (Wildman–Crippen LogP) is 1.07. The van der Waals surface area contributed by atoms with E-state index in [1.807, 2.05) is 27.1 Å².